The van der Waals surface area contributed by atoms with Crippen LogP contribution in [0.1, 0.15) is 5.56 Å². The van der Waals surface area contributed by atoms with E-state index in [1.807, 2.05) is 0 Å². The van der Waals surface area contributed by atoms with E-state index in [9.17, 15) is 9.18 Å². The molecule has 0 bridgehead atoms. The molecule has 0 fully saturated rings. The number of ether oxygens (including phenoxy) is 1. The number of benzene rings is 1. The van der Waals surface area contributed by atoms with E-state index in [1.54, 1.807) is 12.1 Å². The normalized spacial score (nSPS) is 12.3. The summed E-state index contributed by atoms with van der Waals surface area (Å²) in [6.07, 6.45) is 0.313. The first-order valence-corrected chi connectivity index (χ1v) is 5.43. The topological polar surface area (TPSA) is 26.3 Å². The summed E-state index contributed by atoms with van der Waals surface area (Å²) >= 11 is 8.83. The molecule has 1 aromatic carbocycles. The van der Waals surface area contributed by atoms with Crippen LogP contribution in [0, 0.1) is 5.82 Å². The molecule has 1 rings (SSSR count). The van der Waals surface area contributed by atoms with Gasteiger partial charge in [0.15, 0.2) is 0 Å². The Kier molecular flexibility index (Phi) is 4.54. The third-order valence-corrected chi connectivity index (χ3v) is 2.80. The van der Waals surface area contributed by atoms with Crippen molar-refractivity contribution in [2.24, 2.45) is 0 Å². The maximum atomic E-state index is 12.9. The van der Waals surface area contributed by atoms with Gasteiger partial charge >= 0.3 is 5.97 Å². The highest BCUT2D eigenvalue weighted by Gasteiger charge is 2.16. The van der Waals surface area contributed by atoms with Crippen LogP contribution in [0.2, 0.25) is 0 Å². The van der Waals surface area contributed by atoms with Gasteiger partial charge < -0.3 is 4.74 Å². The molecular weight excluding hydrogens is 286 g/mol. The van der Waals surface area contributed by atoms with Gasteiger partial charge in [-0.25, -0.2) is 4.39 Å². The summed E-state index contributed by atoms with van der Waals surface area (Å²) in [5.74, 6) is -0.833. The third-order valence-electron chi connectivity index (χ3n) is 1.86. The number of rotatable bonds is 3. The van der Waals surface area contributed by atoms with Gasteiger partial charge in [-0.3, -0.25) is 4.79 Å². The number of carbonyl (C=O) groups is 1. The highest BCUT2D eigenvalue weighted by atomic mass is 79.9. The van der Waals surface area contributed by atoms with E-state index in [0.29, 0.717) is 10.9 Å². The lowest BCUT2D eigenvalue weighted by Gasteiger charge is -2.07. The average molecular weight is 296 g/mol. The fourth-order valence-electron chi connectivity index (χ4n) is 1.08. The maximum absolute atomic E-state index is 12.9. The molecule has 0 aliphatic carbocycles. The summed E-state index contributed by atoms with van der Waals surface area (Å²) in [5.41, 5.74) is 0.772. The second-order valence-corrected chi connectivity index (χ2v) is 4.32. The smallest absolute Gasteiger partial charge is 0.324 e. The van der Waals surface area contributed by atoms with Crippen molar-refractivity contribution >= 4 is 33.5 Å². The summed E-state index contributed by atoms with van der Waals surface area (Å²) in [6, 6.07) is 4.49. The summed E-state index contributed by atoms with van der Waals surface area (Å²) < 4.78 is 17.7. The molecule has 15 heavy (non-hydrogen) atoms. The van der Waals surface area contributed by atoms with Gasteiger partial charge in [0.1, 0.15) is 11.2 Å². The molecule has 1 atom stereocenters. The van der Waals surface area contributed by atoms with Gasteiger partial charge in [-0.05, 0) is 40.0 Å². The molecule has 2 nitrogen and oxygen atoms in total. The van der Waals surface area contributed by atoms with Crippen molar-refractivity contribution in [3.63, 3.8) is 0 Å². The molecule has 1 unspecified atom stereocenters. The second-order valence-electron chi connectivity index (χ2n) is 2.94. The van der Waals surface area contributed by atoms with Crippen LogP contribution in [-0.2, 0) is 16.0 Å². The number of esters is 1. The highest BCUT2D eigenvalue weighted by molar-refractivity contribution is 9.10. The molecule has 0 aromatic heterocycles. The van der Waals surface area contributed by atoms with Crippen LogP contribution in [0.4, 0.5) is 4.39 Å². The van der Waals surface area contributed by atoms with E-state index in [4.69, 9.17) is 11.6 Å². The number of alkyl halides is 1. The lowest BCUT2D eigenvalue weighted by atomic mass is 10.1. The summed E-state index contributed by atoms with van der Waals surface area (Å²) in [6.45, 7) is 0. The molecule has 5 heteroatoms. The molecule has 0 radical (unpaired) electrons. The molecule has 0 saturated heterocycles. The van der Waals surface area contributed by atoms with Crippen molar-refractivity contribution < 1.29 is 13.9 Å². The van der Waals surface area contributed by atoms with Crippen molar-refractivity contribution in [1.29, 1.82) is 0 Å². The van der Waals surface area contributed by atoms with E-state index in [-0.39, 0.29) is 5.82 Å². The minimum Gasteiger partial charge on any atom is -0.468 e. The zero-order valence-corrected chi connectivity index (χ0v) is 10.3. The van der Waals surface area contributed by atoms with Crippen LogP contribution >= 0.6 is 27.5 Å². The zero-order chi connectivity index (χ0) is 11.4. The highest BCUT2D eigenvalue weighted by Crippen LogP contribution is 2.19. The predicted molar refractivity (Wildman–Crippen MR) is 59.5 cm³/mol. The first-order valence-electron chi connectivity index (χ1n) is 4.20. The van der Waals surface area contributed by atoms with Crippen LogP contribution in [0.25, 0.3) is 0 Å². The molecule has 0 aliphatic rings. The predicted octanol–water partition coefficient (Wildman–Crippen LogP) is 2.91. The SMILES string of the molecule is COC(=O)C(Cl)Cc1ccc(F)c(Br)c1. The number of methoxy groups -OCH3 is 1. The van der Waals surface area contributed by atoms with Gasteiger partial charge in [0.05, 0.1) is 11.6 Å². The summed E-state index contributed by atoms with van der Waals surface area (Å²) in [7, 11) is 1.28. The molecule has 0 N–H and O–H groups in total. The van der Waals surface area contributed by atoms with E-state index < -0.39 is 11.3 Å². The zero-order valence-electron chi connectivity index (χ0n) is 7.97. The maximum Gasteiger partial charge on any atom is 0.324 e. The second kappa shape index (κ2) is 5.47. The number of hydrogen-bond acceptors (Lipinski definition) is 2. The monoisotopic (exact) mass is 294 g/mol. The number of hydrogen-bond donors (Lipinski definition) is 0. The molecule has 0 heterocycles. The van der Waals surface area contributed by atoms with Crippen molar-refractivity contribution in [1.82, 2.24) is 0 Å². The molecule has 1 aromatic rings. The van der Waals surface area contributed by atoms with E-state index in [2.05, 4.69) is 20.7 Å². The standard InChI is InChI=1S/C10H9BrClFO2/c1-15-10(14)8(12)5-6-2-3-9(13)7(11)4-6/h2-4,8H,5H2,1H3. The summed E-state index contributed by atoms with van der Waals surface area (Å²) in [4.78, 5) is 11.0. The van der Waals surface area contributed by atoms with Crippen molar-refractivity contribution in [3.05, 3.63) is 34.1 Å². The van der Waals surface area contributed by atoms with E-state index in [1.165, 1.54) is 13.2 Å². The Labute approximate surface area is 101 Å². The lowest BCUT2D eigenvalue weighted by Crippen LogP contribution is -2.18. The van der Waals surface area contributed by atoms with Gasteiger partial charge in [-0.2, -0.15) is 0 Å². The summed E-state index contributed by atoms with van der Waals surface area (Å²) in [5, 5.41) is -0.743. The molecule has 0 spiro atoms. The van der Waals surface area contributed by atoms with Crippen LogP contribution in [-0.4, -0.2) is 18.5 Å². The van der Waals surface area contributed by atoms with E-state index >= 15 is 0 Å². The van der Waals surface area contributed by atoms with Crippen LogP contribution < -0.4 is 0 Å². The lowest BCUT2D eigenvalue weighted by molar-refractivity contribution is -0.140. The number of carbonyl (C=O) groups excluding carboxylic acids is 1. The fraction of sp³-hybridized carbons (Fsp3) is 0.300. The Morgan fingerprint density at radius 1 is 1.67 bits per heavy atom. The Morgan fingerprint density at radius 3 is 2.87 bits per heavy atom. The Hall–Kier alpha value is -0.610. The van der Waals surface area contributed by atoms with Crippen LogP contribution in [0.15, 0.2) is 22.7 Å². The third kappa shape index (κ3) is 3.47. The minimum atomic E-state index is -0.743. The van der Waals surface area contributed by atoms with Crippen molar-refractivity contribution in [3.8, 4) is 0 Å². The van der Waals surface area contributed by atoms with Crippen LogP contribution in [0.3, 0.4) is 0 Å². The Bertz CT molecular complexity index is 370. The van der Waals surface area contributed by atoms with Gasteiger partial charge in [0, 0.05) is 0 Å². The molecule has 0 aliphatic heterocycles. The van der Waals surface area contributed by atoms with Crippen molar-refractivity contribution in [2.45, 2.75) is 11.8 Å². The minimum absolute atomic E-state index is 0.313. The Balaban J connectivity index is 2.73. The fourth-order valence-corrected chi connectivity index (χ4v) is 1.78. The first kappa shape index (κ1) is 12.5. The van der Waals surface area contributed by atoms with Gasteiger partial charge in [-0.15, -0.1) is 11.6 Å². The number of halogens is 3. The van der Waals surface area contributed by atoms with Gasteiger partial charge in [0.2, 0.25) is 0 Å². The molecule has 0 saturated carbocycles. The van der Waals surface area contributed by atoms with Crippen molar-refractivity contribution in [2.75, 3.05) is 7.11 Å². The van der Waals surface area contributed by atoms with E-state index in [0.717, 1.165) is 5.56 Å². The van der Waals surface area contributed by atoms with Gasteiger partial charge in [-0.1, -0.05) is 6.07 Å². The largest absolute Gasteiger partial charge is 0.468 e. The Morgan fingerprint density at radius 2 is 2.33 bits per heavy atom. The first-order chi connectivity index (χ1) is 7.04. The molecule has 82 valence electrons. The van der Waals surface area contributed by atoms with Gasteiger partial charge in [0.25, 0.3) is 0 Å². The molecular formula is C10H9BrClFO2. The van der Waals surface area contributed by atoms with Crippen LogP contribution in [0.5, 0.6) is 0 Å². The quantitative estimate of drug-likeness (QED) is 0.633. The molecule has 0 amide bonds. The average Bonchev–Trinajstić information content (AvgIpc) is 2.22.